The Bertz CT molecular complexity index is 150. The van der Waals surface area contributed by atoms with E-state index in [0.29, 0.717) is 19.8 Å². The van der Waals surface area contributed by atoms with Gasteiger partial charge in [-0.3, -0.25) is 4.79 Å². The van der Waals surface area contributed by atoms with Gasteiger partial charge in [-0.25, -0.2) is 0 Å². The molecule has 1 aliphatic heterocycles. The summed E-state index contributed by atoms with van der Waals surface area (Å²) in [7, 11) is 0. The highest BCUT2D eigenvalue weighted by Crippen LogP contribution is 2.16. The van der Waals surface area contributed by atoms with Crippen molar-refractivity contribution in [1.29, 1.82) is 0 Å². The van der Waals surface area contributed by atoms with Crippen molar-refractivity contribution in [1.82, 2.24) is 0 Å². The van der Waals surface area contributed by atoms with Crippen LogP contribution in [-0.4, -0.2) is 25.8 Å². The zero-order valence-corrected chi connectivity index (χ0v) is 8.25. The van der Waals surface area contributed by atoms with Crippen molar-refractivity contribution in [3.63, 3.8) is 0 Å². The maximum Gasteiger partial charge on any atom is 0.309 e. The lowest BCUT2D eigenvalue weighted by molar-refractivity contribution is -0.151. The summed E-state index contributed by atoms with van der Waals surface area (Å²) in [5.74, 6) is 0.0577. The van der Waals surface area contributed by atoms with Crippen molar-refractivity contribution in [2.24, 2.45) is 5.92 Å². The third kappa shape index (κ3) is 3.77. The average Bonchev–Trinajstić information content (AvgIpc) is 2.19. The first-order valence-electron chi connectivity index (χ1n) is 5.09. The van der Waals surface area contributed by atoms with E-state index in [1.54, 1.807) is 0 Å². The Labute approximate surface area is 79.4 Å². The summed E-state index contributed by atoms with van der Waals surface area (Å²) < 4.78 is 10.3. The standard InChI is InChI=1S/C10H18O3/c1-2-3-6-13-10(11)9-4-7-12-8-5-9/h9H,2-8H2,1H3. The SMILES string of the molecule is CCCCOC(=O)C1CCOCC1. The fourth-order valence-corrected chi connectivity index (χ4v) is 1.37. The van der Waals surface area contributed by atoms with E-state index in [4.69, 9.17) is 9.47 Å². The van der Waals surface area contributed by atoms with Crippen LogP contribution in [0.15, 0.2) is 0 Å². The van der Waals surface area contributed by atoms with Gasteiger partial charge in [-0.2, -0.15) is 0 Å². The molecule has 1 heterocycles. The highest BCUT2D eigenvalue weighted by atomic mass is 16.5. The Morgan fingerprint density at radius 2 is 2.15 bits per heavy atom. The number of hydrogen-bond acceptors (Lipinski definition) is 3. The Morgan fingerprint density at radius 1 is 1.46 bits per heavy atom. The van der Waals surface area contributed by atoms with Crippen LogP contribution >= 0.6 is 0 Å². The quantitative estimate of drug-likeness (QED) is 0.495. The topological polar surface area (TPSA) is 35.5 Å². The molecule has 0 amide bonds. The fraction of sp³-hybridized carbons (Fsp3) is 0.900. The normalized spacial score (nSPS) is 18.5. The highest BCUT2D eigenvalue weighted by Gasteiger charge is 2.22. The van der Waals surface area contributed by atoms with Gasteiger partial charge in [-0.1, -0.05) is 13.3 Å². The van der Waals surface area contributed by atoms with Crippen LogP contribution in [-0.2, 0) is 14.3 Å². The summed E-state index contributed by atoms with van der Waals surface area (Å²) in [6.07, 6.45) is 3.69. The lowest BCUT2D eigenvalue weighted by Crippen LogP contribution is -2.25. The molecule has 0 aliphatic carbocycles. The molecule has 0 aromatic carbocycles. The molecule has 0 radical (unpaired) electrons. The van der Waals surface area contributed by atoms with Gasteiger partial charge in [-0.05, 0) is 19.3 Å². The summed E-state index contributed by atoms with van der Waals surface area (Å²) in [5, 5.41) is 0. The zero-order valence-electron chi connectivity index (χ0n) is 8.25. The van der Waals surface area contributed by atoms with Gasteiger partial charge < -0.3 is 9.47 Å². The second kappa shape index (κ2) is 5.97. The molecule has 0 aromatic rings. The zero-order chi connectivity index (χ0) is 9.52. The third-order valence-corrected chi connectivity index (χ3v) is 2.30. The Morgan fingerprint density at radius 3 is 2.77 bits per heavy atom. The van der Waals surface area contributed by atoms with E-state index in [1.807, 2.05) is 0 Å². The van der Waals surface area contributed by atoms with E-state index >= 15 is 0 Å². The second-order valence-corrected chi connectivity index (χ2v) is 3.41. The van der Waals surface area contributed by atoms with Crippen molar-refractivity contribution in [2.45, 2.75) is 32.6 Å². The molecule has 1 rings (SSSR count). The van der Waals surface area contributed by atoms with Crippen LogP contribution in [0.5, 0.6) is 0 Å². The number of carbonyl (C=O) groups excluding carboxylic acids is 1. The van der Waals surface area contributed by atoms with E-state index in [-0.39, 0.29) is 11.9 Å². The van der Waals surface area contributed by atoms with Gasteiger partial charge in [0.1, 0.15) is 0 Å². The molecule has 0 bridgehead atoms. The maximum atomic E-state index is 11.4. The monoisotopic (exact) mass is 186 g/mol. The lowest BCUT2D eigenvalue weighted by atomic mass is 10.0. The Hall–Kier alpha value is -0.570. The molecule has 0 saturated carbocycles. The predicted octanol–water partition coefficient (Wildman–Crippen LogP) is 1.76. The van der Waals surface area contributed by atoms with Gasteiger partial charge in [-0.15, -0.1) is 0 Å². The molecular formula is C10H18O3. The summed E-state index contributed by atoms with van der Waals surface area (Å²) in [4.78, 5) is 11.4. The van der Waals surface area contributed by atoms with Crippen LogP contribution in [0.4, 0.5) is 0 Å². The van der Waals surface area contributed by atoms with Crippen LogP contribution in [0.3, 0.4) is 0 Å². The second-order valence-electron chi connectivity index (χ2n) is 3.41. The van der Waals surface area contributed by atoms with E-state index in [1.165, 1.54) is 0 Å². The van der Waals surface area contributed by atoms with Gasteiger partial charge in [0, 0.05) is 13.2 Å². The first-order chi connectivity index (χ1) is 6.34. The first-order valence-corrected chi connectivity index (χ1v) is 5.09. The van der Waals surface area contributed by atoms with Crippen LogP contribution in [0, 0.1) is 5.92 Å². The Kier molecular flexibility index (Phi) is 4.83. The predicted molar refractivity (Wildman–Crippen MR) is 49.4 cm³/mol. The smallest absolute Gasteiger partial charge is 0.309 e. The number of unbranched alkanes of at least 4 members (excludes halogenated alkanes) is 1. The van der Waals surface area contributed by atoms with Gasteiger partial charge in [0.05, 0.1) is 12.5 Å². The van der Waals surface area contributed by atoms with E-state index in [9.17, 15) is 4.79 Å². The molecule has 76 valence electrons. The fourth-order valence-electron chi connectivity index (χ4n) is 1.37. The minimum atomic E-state index is -0.0308. The molecule has 1 saturated heterocycles. The van der Waals surface area contributed by atoms with Gasteiger partial charge in [0.15, 0.2) is 0 Å². The number of rotatable bonds is 4. The van der Waals surface area contributed by atoms with Gasteiger partial charge >= 0.3 is 5.97 Å². The number of carbonyl (C=O) groups is 1. The Balaban J connectivity index is 2.13. The molecule has 0 N–H and O–H groups in total. The summed E-state index contributed by atoms with van der Waals surface area (Å²) in [6.45, 7) is 4.07. The summed E-state index contributed by atoms with van der Waals surface area (Å²) in [6, 6.07) is 0. The average molecular weight is 186 g/mol. The molecule has 3 heteroatoms. The maximum absolute atomic E-state index is 11.4. The van der Waals surface area contributed by atoms with Crippen LogP contribution in [0.2, 0.25) is 0 Å². The van der Waals surface area contributed by atoms with Crippen LogP contribution in [0.1, 0.15) is 32.6 Å². The first kappa shape index (κ1) is 10.5. The summed E-state index contributed by atoms with van der Waals surface area (Å²) in [5.41, 5.74) is 0. The van der Waals surface area contributed by atoms with Crippen molar-refractivity contribution in [3.8, 4) is 0 Å². The van der Waals surface area contributed by atoms with Crippen molar-refractivity contribution in [3.05, 3.63) is 0 Å². The molecule has 3 nitrogen and oxygen atoms in total. The van der Waals surface area contributed by atoms with E-state index < -0.39 is 0 Å². The minimum absolute atomic E-state index is 0.0308. The van der Waals surface area contributed by atoms with E-state index in [0.717, 1.165) is 25.7 Å². The van der Waals surface area contributed by atoms with Crippen LogP contribution < -0.4 is 0 Å². The van der Waals surface area contributed by atoms with Crippen molar-refractivity contribution < 1.29 is 14.3 Å². The molecular weight excluding hydrogens is 168 g/mol. The van der Waals surface area contributed by atoms with Gasteiger partial charge in [0.2, 0.25) is 0 Å². The molecule has 0 unspecified atom stereocenters. The lowest BCUT2D eigenvalue weighted by Gasteiger charge is -2.20. The number of ether oxygens (including phenoxy) is 2. The van der Waals surface area contributed by atoms with Crippen LogP contribution in [0.25, 0.3) is 0 Å². The molecule has 1 aliphatic rings. The molecule has 0 aromatic heterocycles. The molecule has 13 heavy (non-hydrogen) atoms. The molecule has 0 atom stereocenters. The van der Waals surface area contributed by atoms with E-state index in [2.05, 4.69) is 6.92 Å². The largest absolute Gasteiger partial charge is 0.465 e. The number of hydrogen-bond donors (Lipinski definition) is 0. The summed E-state index contributed by atoms with van der Waals surface area (Å²) >= 11 is 0. The number of esters is 1. The van der Waals surface area contributed by atoms with Crippen molar-refractivity contribution >= 4 is 5.97 Å². The minimum Gasteiger partial charge on any atom is -0.465 e. The van der Waals surface area contributed by atoms with Crippen molar-refractivity contribution in [2.75, 3.05) is 19.8 Å². The highest BCUT2D eigenvalue weighted by molar-refractivity contribution is 5.72. The van der Waals surface area contributed by atoms with Gasteiger partial charge in [0.25, 0.3) is 0 Å². The molecule has 0 spiro atoms. The third-order valence-electron chi connectivity index (χ3n) is 2.30. The molecule has 1 fully saturated rings.